The molecule has 2 amide bonds. The van der Waals surface area contributed by atoms with E-state index in [9.17, 15) is 9.59 Å². The molecule has 98 valence electrons. The Morgan fingerprint density at radius 1 is 1.24 bits per heavy atom. The van der Waals surface area contributed by atoms with Gasteiger partial charge in [-0.3, -0.25) is 4.79 Å². The molecule has 5 heteroatoms. The average Bonchev–Trinajstić information content (AvgIpc) is 2.14. The number of ether oxygens (including phenoxy) is 1. The fourth-order valence-corrected chi connectivity index (χ4v) is 1.92. The lowest BCUT2D eigenvalue weighted by atomic mass is 10.2. The highest BCUT2D eigenvalue weighted by atomic mass is 16.6. The van der Waals surface area contributed by atoms with E-state index >= 15 is 0 Å². The van der Waals surface area contributed by atoms with Crippen LogP contribution in [0, 0.1) is 0 Å². The molecule has 0 N–H and O–H groups in total. The van der Waals surface area contributed by atoms with Gasteiger partial charge in [-0.05, 0) is 27.7 Å². The van der Waals surface area contributed by atoms with Gasteiger partial charge in [0.15, 0.2) is 0 Å². The van der Waals surface area contributed by atoms with Gasteiger partial charge in [-0.2, -0.15) is 0 Å². The van der Waals surface area contributed by atoms with Gasteiger partial charge in [0.2, 0.25) is 5.91 Å². The third kappa shape index (κ3) is 3.91. The maximum absolute atomic E-state index is 11.8. The van der Waals surface area contributed by atoms with Crippen molar-refractivity contribution in [3.05, 3.63) is 0 Å². The molecule has 1 atom stereocenters. The maximum atomic E-state index is 11.8. The van der Waals surface area contributed by atoms with Crippen LogP contribution in [0.5, 0.6) is 0 Å². The van der Waals surface area contributed by atoms with Crippen LogP contribution in [0.4, 0.5) is 4.79 Å². The summed E-state index contributed by atoms with van der Waals surface area (Å²) in [4.78, 5) is 26.6. The topological polar surface area (TPSA) is 49.9 Å². The molecule has 0 aromatic carbocycles. The summed E-state index contributed by atoms with van der Waals surface area (Å²) in [5, 5.41) is 0. The number of piperazine rings is 1. The van der Waals surface area contributed by atoms with Gasteiger partial charge in [0, 0.05) is 32.6 Å². The molecule has 0 spiro atoms. The number of rotatable bonds is 0. The van der Waals surface area contributed by atoms with Crippen LogP contribution in [-0.2, 0) is 9.53 Å². The average molecular weight is 242 g/mol. The Morgan fingerprint density at radius 3 is 2.24 bits per heavy atom. The van der Waals surface area contributed by atoms with E-state index in [0.29, 0.717) is 19.6 Å². The normalized spacial score (nSPS) is 21.4. The first kappa shape index (κ1) is 13.8. The largest absolute Gasteiger partial charge is 0.444 e. The second-order valence-corrected chi connectivity index (χ2v) is 5.49. The van der Waals surface area contributed by atoms with E-state index in [2.05, 4.69) is 0 Å². The van der Waals surface area contributed by atoms with Crippen molar-refractivity contribution in [1.29, 1.82) is 0 Å². The zero-order chi connectivity index (χ0) is 13.2. The molecule has 1 rings (SSSR count). The third-order valence-electron chi connectivity index (χ3n) is 2.68. The summed E-state index contributed by atoms with van der Waals surface area (Å²) in [5.41, 5.74) is -0.474. The minimum atomic E-state index is -0.474. The summed E-state index contributed by atoms with van der Waals surface area (Å²) in [6.45, 7) is 10.7. The molecular weight excluding hydrogens is 220 g/mol. The number of carbonyl (C=O) groups excluding carboxylic acids is 2. The molecular formula is C12H22N2O3. The number of hydrogen-bond acceptors (Lipinski definition) is 3. The van der Waals surface area contributed by atoms with Crippen LogP contribution in [0.1, 0.15) is 34.6 Å². The molecule has 0 aromatic rings. The molecule has 0 bridgehead atoms. The van der Waals surface area contributed by atoms with Crippen molar-refractivity contribution in [3.63, 3.8) is 0 Å². The van der Waals surface area contributed by atoms with E-state index in [1.807, 2.05) is 27.7 Å². The molecule has 5 nitrogen and oxygen atoms in total. The third-order valence-corrected chi connectivity index (χ3v) is 2.68. The second-order valence-electron chi connectivity index (χ2n) is 5.49. The monoisotopic (exact) mass is 242 g/mol. The highest BCUT2D eigenvalue weighted by molar-refractivity contribution is 5.74. The second kappa shape index (κ2) is 4.94. The molecule has 0 radical (unpaired) electrons. The SMILES string of the molecule is CC(=O)N1CCN(C(=O)OC(C)(C)C)CC1C. The summed E-state index contributed by atoms with van der Waals surface area (Å²) in [6, 6.07) is 0.0498. The lowest BCUT2D eigenvalue weighted by Gasteiger charge is -2.39. The molecule has 1 aliphatic rings. The molecule has 1 fully saturated rings. The molecule has 0 aromatic heterocycles. The van der Waals surface area contributed by atoms with E-state index in [4.69, 9.17) is 4.74 Å². The van der Waals surface area contributed by atoms with Gasteiger partial charge < -0.3 is 14.5 Å². The first-order valence-corrected chi connectivity index (χ1v) is 5.96. The van der Waals surface area contributed by atoms with Crippen molar-refractivity contribution >= 4 is 12.0 Å². The van der Waals surface area contributed by atoms with E-state index in [-0.39, 0.29) is 18.0 Å². The van der Waals surface area contributed by atoms with Crippen LogP contribution < -0.4 is 0 Å². The fraction of sp³-hybridized carbons (Fsp3) is 0.833. The highest BCUT2D eigenvalue weighted by Crippen LogP contribution is 2.14. The van der Waals surface area contributed by atoms with Gasteiger partial charge in [0.1, 0.15) is 5.60 Å². The number of nitrogens with zero attached hydrogens (tertiary/aromatic N) is 2. The lowest BCUT2D eigenvalue weighted by Crippen LogP contribution is -2.55. The van der Waals surface area contributed by atoms with Crippen LogP contribution >= 0.6 is 0 Å². The Morgan fingerprint density at radius 2 is 1.82 bits per heavy atom. The molecule has 17 heavy (non-hydrogen) atoms. The Labute approximate surface area is 103 Å². The fourth-order valence-electron chi connectivity index (χ4n) is 1.92. The van der Waals surface area contributed by atoms with Gasteiger partial charge in [0.25, 0.3) is 0 Å². The molecule has 0 aliphatic carbocycles. The molecule has 1 unspecified atom stereocenters. The Kier molecular flexibility index (Phi) is 4.01. The summed E-state index contributed by atoms with van der Waals surface area (Å²) < 4.78 is 5.30. The minimum Gasteiger partial charge on any atom is -0.444 e. The summed E-state index contributed by atoms with van der Waals surface area (Å²) in [5.74, 6) is 0.0568. The smallest absolute Gasteiger partial charge is 0.410 e. The van der Waals surface area contributed by atoms with Crippen molar-refractivity contribution in [3.8, 4) is 0 Å². The van der Waals surface area contributed by atoms with Crippen molar-refractivity contribution < 1.29 is 14.3 Å². The van der Waals surface area contributed by atoms with Crippen LogP contribution in [0.2, 0.25) is 0 Å². The van der Waals surface area contributed by atoms with E-state index < -0.39 is 5.60 Å². The van der Waals surface area contributed by atoms with Gasteiger partial charge in [-0.15, -0.1) is 0 Å². The lowest BCUT2D eigenvalue weighted by molar-refractivity contribution is -0.133. The zero-order valence-corrected chi connectivity index (χ0v) is 11.3. The minimum absolute atomic E-state index is 0.0498. The van der Waals surface area contributed by atoms with Crippen LogP contribution in [0.3, 0.4) is 0 Å². The standard InChI is InChI=1S/C12H22N2O3/c1-9-8-13(6-7-14(9)10(2)15)11(16)17-12(3,4)5/h9H,6-8H2,1-5H3. The summed E-state index contributed by atoms with van der Waals surface area (Å²) in [6.07, 6.45) is -0.299. The Balaban J connectivity index is 2.55. The predicted molar refractivity (Wildman–Crippen MR) is 64.7 cm³/mol. The van der Waals surface area contributed by atoms with Crippen LogP contribution in [0.15, 0.2) is 0 Å². The molecule has 0 saturated carbocycles. The number of hydrogen-bond donors (Lipinski definition) is 0. The van der Waals surface area contributed by atoms with E-state index in [1.54, 1.807) is 16.7 Å². The highest BCUT2D eigenvalue weighted by Gasteiger charge is 2.30. The number of amides is 2. The van der Waals surface area contributed by atoms with Crippen LogP contribution in [0.25, 0.3) is 0 Å². The van der Waals surface area contributed by atoms with E-state index in [0.717, 1.165) is 0 Å². The van der Waals surface area contributed by atoms with Gasteiger partial charge >= 0.3 is 6.09 Å². The van der Waals surface area contributed by atoms with Gasteiger partial charge in [-0.25, -0.2) is 4.79 Å². The predicted octanol–water partition coefficient (Wildman–Crippen LogP) is 1.47. The quantitative estimate of drug-likeness (QED) is 0.646. The summed E-state index contributed by atoms with van der Waals surface area (Å²) >= 11 is 0. The number of carbonyl (C=O) groups is 2. The van der Waals surface area contributed by atoms with Crippen LogP contribution in [-0.4, -0.2) is 53.1 Å². The van der Waals surface area contributed by atoms with Crippen molar-refractivity contribution in [2.24, 2.45) is 0 Å². The zero-order valence-electron chi connectivity index (χ0n) is 11.3. The first-order chi connectivity index (χ1) is 7.70. The van der Waals surface area contributed by atoms with E-state index in [1.165, 1.54) is 0 Å². The summed E-state index contributed by atoms with van der Waals surface area (Å²) in [7, 11) is 0. The van der Waals surface area contributed by atoms with Crippen molar-refractivity contribution in [1.82, 2.24) is 9.80 Å². The maximum Gasteiger partial charge on any atom is 0.410 e. The molecule has 1 heterocycles. The van der Waals surface area contributed by atoms with Crippen molar-refractivity contribution in [2.75, 3.05) is 19.6 Å². The van der Waals surface area contributed by atoms with Gasteiger partial charge in [-0.1, -0.05) is 0 Å². The molecule has 1 saturated heterocycles. The Hall–Kier alpha value is -1.26. The Bertz CT molecular complexity index is 309. The molecule has 1 aliphatic heterocycles. The van der Waals surface area contributed by atoms with Crippen molar-refractivity contribution in [2.45, 2.75) is 46.3 Å². The van der Waals surface area contributed by atoms with Gasteiger partial charge in [0.05, 0.1) is 0 Å². The first-order valence-electron chi connectivity index (χ1n) is 5.96.